The number of aromatic carboxylic acids is 1. The van der Waals surface area contributed by atoms with Gasteiger partial charge in [0.2, 0.25) is 0 Å². The molecule has 0 saturated heterocycles. The van der Waals surface area contributed by atoms with Crippen LogP contribution in [0.5, 0.6) is 0 Å². The van der Waals surface area contributed by atoms with E-state index in [0.717, 1.165) is 11.1 Å². The lowest BCUT2D eigenvalue weighted by Crippen LogP contribution is -2.02. The van der Waals surface area contributed by atoms with E-state index in [0.29, 0.717) is 5.56 Å². The first-order valence-electron chi connectivity index (χ1n) is 5.57. The van der Waals surface area contributed by atoms with Gasteiger partial charge in [0, 0.05) is 18.2 Å². The van der Waals surface area contributed by atoms with Gasteiger partial charge in [0.05, 0.1) is 0 Å². The molecule has 1 aromatic heterocycles. The summed E-state index contributed by atoms with van der Waals surface area (Å²) in [6.07, 6.45) is 1.71. The SMILES string of the molecule is Cc1cccc(CC(=O)c2c[nH]c(C(=O)O)c2)c1. The summed E-state index contributed by atoms with van der Waals surface area (Å²) >= 11 is 0. The lowest BCUT2D eigenvalue weighted by atomic mass is 10.0. The highest BCUT2D eigenvalue weighted by molar-refractivity contribution is 5.99. The zero-order valence-electron chi connectivity index (χ0n) is 9.93. The number of hydrogen-bond donors (Lipinski definition) is 2. The van der Waals surface area contributed by atoms with Crippen LogP contribution in [0.2, 0.25) is 0 Å². The summed E-state index contributed by atoms with van der Waals surface area (Å²) < 4.78 is 0. The van der Waals surface area contributed by atoms with Crippen molar-refractivity contribution in [3.8, 4) is 0 Å². The maximum atomic E-state index is 11.9. The fourth-order valence-electron chi connectivity index (χ4n) is 1.79. The average molecular weight is 243 g/mol. The predicted molar refractivity (Wildman–Crippen MR) is 67.0 cm³/mol. The summed E-state index contributed by atoms with van der Waals surface area (Å²) in [5, 5.41) is 8.76. The molecule has 0 aliphatic heterocycles. The summed E-state index contributed by atoms with van der Waals surface area (Å²) in [5.74, 6) is -1.16. The van der Waals surface area contributed by atoms with Gasteiger partial charge in [-0.2, -0.15) is 0 Å². The molecule has 2 rings (SSSR count). The zero-order chi connectivity index (χ0) is 13.1. The van der Waals surface area contributed by atoms with Crippen LogP contribution in [0.15, 0.2) is 36.5 Å². The molecule has 1 heterocycles. The number of carbonyl (C=O) groups is 2. The molecule has 0 fully saturated rings. The number of carboxylic acids is 1. The van der Waals surface area contributed by atoms with Gasteiger partial charge in [0.1, 0.15) is 5.69 Å². The number of aromatic amines is 1. The van der Waals surface area contributed by atoms with Gasteiger partial charge >= 0.3 is 5.97 Å². The molecule has 1 aromatic carbocycles. The minimum Gasteiger partial charge on any atom is -0.477 e. The van der Waals surface area contributed by atoms with Crippen molar-refractivity contribution < 1.29 is 14.7 Å². The van der Waals surface area contributed by atoms with Crippen molar-refractivity contribution in [1.82, 2.24) is 4.98 Å². The minimum atomic E-state index is -1.07. The molecule has 0 radical (unpaired) electrons. The molecule has 0 bridgehead atoms. The highest BCUT2D eigenvalue weighted by Gasteiger charge is 2.12. The van der Waals surface area contributed by atoms with Crippen molar-refractivity contribution in [2.24, 2.45) is 0 Å². The monoisotopic (exact) mass is 243 g/mol. The molecule has 0 unspecified atom stereocenters. The molecular weight excluding hydrogens is 230 g/mol. The molecule has 4 nitrogen and oxygen atoms in total. The molecule has 0 amide bonds. The first-order valence-corrected chi connectivity index (χ1v) is 5.57. The second-order valence-corrected chi connectivity index (χ2v) is 4.20. The number of aromatic nitrogens is 1. The van der Waals surface area contributed by atoms with Gasteiger partial charge in [0.15, 0.2) is 5.78 Å². The number of hydrogen-bond acceptors (Lipinski definition) is 2. The Morgan fingerprint density at radius 2 is 2.06 bits per heavy atom. The maximum Gasteiger partial charge on any atom is 0.352 e. The Bertz CT molecular complexity index is 599. The van der Waals surface area contributed by atoms with Gasteiger partial charge in [-0.3, -0.25) is 4.79 Å². The number of rotatable bonds is 4. The van der Waals surface area contributed by atoms with E-state index in [1.165, 1.54) is 12.3 Å². The largest absolute Gasteiger partial charge is 0.477 e. The van der Waals surface area contributed by atoms with Gasteiger partial charge < -0.3 is 10.1 Å². The van der Waals surface area contributed by atoms with Crippen molar-refractivity contribution >= 4 is 11.8 Å². The van der Waals surface area contributed by atoms with E-state index in [1.807, 2.05) is 31.2 Å². The standard InChI is InChI=1S/C14H13NO3/c1-9-3-2-4-10(5-9)6-13(16)11-7-12(14(17)18)15-8-11/h2-5,7-8,15H,6H2,1H3,(H,17,18). The third-order valence-electron chi connectivity index (χ3n) is 2.68. The van der Waals surface area contributed by atoms with E-state index in [1.54, 1.807) is 0 Å². The van der Waals surface area contributed by atoms with Gasteiger partial charge in [-0.1, -0.05) is 29.8 Å². The molecule has 2 aromatic rings. The topological polar surface area (TPSA) is 70.2 Å². The number of Topliss-reactive ketones (excluding diaryl/α,β-unsaturated/α-hetero) is 1. The molecule has 92 valence electrons. The van der Waals surface area contributed by atoms with Crippen LogP contribution < -0.4 is 0 Å². The number of ketones is 1. The fraction of sp³-hybridized carbons (Fsp3) is 0.143. The van der Waals surface area contributed by atoms with Gasteiger partial charge in [0.25, 0.3) is 0 Å². The highest BCUT2D eigenvalue weighted by atomic mass is 16.4. The Morgan fingerprint density at radius 3 is 2.67 bits per heavy atom. The van der Waals surface area contributed by atoms with Crippen LogP contribution in [0.1, 0.15) is 32.0 Å². The van der Waals surface area contributed by atoms with Crippen LogP contribution in [0, 0.1) is 6.92 Å². The van der Waals surface area contributed by atoms with E-state index >= 15 is 0 Å². The van der Waals surface area contributed by atoms with Crippen LogP contribution >= 0.6 is 0 Å². The third-order valence-corrected chi connectivity index (χ3v) is 2.68. The molecule has 0 aliphatic rings. The van der Waals surface area contributed by atoms with E-state index in [-0.39, 0.29) is 17.9 Å². The Morgan fingerprint density at radius 1 is 1.28 bits per heavy atom. The number of benzene rings is 1. The number of carbonyl (C=O) groups excluding carboxylic acids is 1. The van der Waals surface area contributed by atoms with Gasteiger partial charge in [-0.15, -0.1) is 0 Å². The second-order valence-electron chi connectivity index (χ2n) is 4.20. The number of nitrogens with one attached hydrogen (secondary N) is 1. The van der Waals surface area contributed by atoms with E-state index in [9.17, 15) is 9.59 Å². The Labute approximate surface area is 104 Å². The molecule has 0 saturated carbocycles. The third kappa shape index (κ3) is 2.66. The molecule has 4 heteroatoms. The average Bonchev–Trinajstić information content (AvgIpc) is 2.78. The first-order chi connectivity index (χ1) is 8.56. The predicted octanol–water partition coefficient (Wildman–Crippen LogP) is 2.45. The number of carboxylic acid groups (broad SMARTS) is 1. The van der Waals surface area contributed by atoms with Crippen molar-refractivity contribution in [1.29, 1.82) is 0 Å². The lowest BCUT2D eigenvalue weighted by Gasteiger charge is -2.00. The quantitative estimate of drug-likeness (QED) is 0.810. The summed E-state index contributed by atoms with van der Waals surface area (Å²) in [5.41, 5.74) is 2.45. The van der Waals surface area contributed by atoms with Crippen LogP contribution in [-0.2, 0) is 6.42 Å². The summed E-state index contributed by atoms with van der Waals surface area (Å²) in [4.78, 5) is 25.2. The van der Waals surface area contributed by atoms with Crippen LogP contribution in [0.4, 0.5) is 0 Å². The van der Waals surface area contributed by atoms with Crippen molar-refractivity contribution in [2.75, 3.05) is 0 Å². The van der Waals surface area contributed by atoms with E-state index in [4.69, 9.17) is 5.11 Å². The Balaban J connectivity index is 2.14. The number of aryl methyl sites for hydroxylation is 1. The lowest BCUT2D eigenvalue weighted by molar-refractivity contribution is 0.0691. The molecule has 0 spiro atoms. The minimum absolute atomic E-state index is 0.0302. The van der Waals surface area contributed by atoms with E-state index in [2.05, 4.69) is 4.98 Å². The normalized spacial score (nSPS) is 10.3. The van der Waals surface area contributed by atoms with Crippen molar-refractivity contribution in [3.63, 3.8) is 0 Å². The number of H-pyrrole nitrogens is 1. The molecule has 0 atom stereocenters. The highest BCUT2D eigenvalue weighted by Crippen LogP contribution is 2.10. The zero-order valence-corrected chi connectivity index (χ0v) is 9.93. The summed E-state index contributed by atoms with van der Waals surface area (Å²) in [7, 11) is 0. The summed E-state index contributed by atoms with van der Waals surface area (Å²) in [6, 6.07) is 9.06. The van der Waals surface area contributed by atoms with E-state index < -0.39 is 5.97 Å². The first kappa shape index (κ1) is 12.1. The molecule has 0 aliphatic carbocycles. The summed E-state index contributed by atoms with van der Waals surface area (Å²) in [6.45, 7) is 1.97. The van der Waals surface area contributed by atoms with Gasteiger partial charge in [-0.25, -0.2) is 4.79 Å². The van der Waals surface area contributed by atoms with Gasteiger partial charge in [-0.05, 0) is 18.6 Å². The fourth-order valence-corrected chi connectivity index (χ4v) is 1.79. The second kappa shape index (κ2) is 4.87. The van der Waals surface area contributed by atoms with Crippen molar-refractivity contribution in [3.05, 3.63) is 58.9 Å². The van der Waals surface area contributed by atoms with Crippen LogP contribution in [0.25, 0.3) is 0 Å². The molecule has 2 N–H and O–H groups in total. The van der Waals surface area contributed by atoms with Crippen LogP contribution in [0.3, 0.4) is 0 Å². The van der Waals surface area contributed by atoms with Crippen LogP contribution in [-0.4, -0.2) is 21.8 Å². The Hall–Kier alpha value is -2.36. The Kier molecular flexibility index (Phi) is 3.28. The molecule has 18 heavy (non-hydrogen) atoms. The maximum absolute atomic E-state index is 11.9. The smallest absolute Gasteiger partial charge is 0.352 e. The van der Waals surface area contributed by atoms with Crippen molar-refractivity contribution in [2.45, 2.75) is 13.3 Å². The molecular formula is C14H13NO3.